The van der Waals surface area contributed by atoms with E-state index in [0.717, 1.165) is 11.3 Å². The number of carbonyl (C=O) groups is 2. The van der Waals surface area contributed by atoms with Gasteiger partial charge in [-0.3, -0.25) is 9.59 Å². The van der Waals surface area contributed by atoms with Crippen LogP contribution in [0.25, 0.3) is 0 Å². The van der Waals surface area contributed by atoms with Gasteiger partial charge in [0, 0.05) is 24.7 Å². The van der Waals surface area contributed by atoms with Gasteiger partial charge in [0.25, 0.3) is 5.91 Å². The van der Waals surface area contributed by atoms with Crippen LogP contribution in [0.15, 0.2) is 54.6 Å². The molecule has 0 aromatic heterocycles. The topological polar surface area (TPSA) is 67.9 Å². The first kappa shape index (κ1) is 20.5. The molecule has 2 aromatic carbocycles. The van der Waals surface area contributed by atoms with Gasteiger partial charge in [-0.1, -0.05) is 29.8 Å². The van der Waals surface area contributed by atoms with Crippen LogP contribution in [0.4, 0.5) is 11.4 Å². The zero-order chi connectivity index (χ0) is 20.8. The average molecular weight is 394 g/mol. The first-order valence-corrected chi connectivity index (χ1v) is 9.63. The van der Waals surface area contributed by atoms with Gasteiger partial charge in [0.05, 0.1) is 12.3 Å². The van der Waals surface area contributed by atoms with Crippen LogP contribution < -0.4 is 19.7 Å². The number of fused-ring (bicyclic) bond motifs is 1. The molecular weight excluding hydrogens is 368 g/mol. The SMILES string of the molecule is C=C(C)CN1C(=O)COc2cc(NC(=O)CCCOc3ccc(C)cc3)ccc21. The van der Waals surface area contributed by atoms with Crippen LogP contribution in [0.1, 0.15) is 25.3 Å². The molecule has 0 fully saturated rings. The van der Waals surface area contributed by atoms with E-state index in [1.807, 2.05) is 38.1 Å². The van der Waals surface area contributed by atoms with Crippen LogP contribution in [0.3, 0.4) is 0 Å². The largest absolute Gasteiger partial charge is 0.494 e. The van der Waals surface area contributed by atoms with Crippen molar-refractivity contribution < 1.29 is 19.1 Å². The molecule has 1 aliphatic heterocycles. The minimum atomic E-state index is -0.106. The van der Waals surface area contributed by atoms with Gasteiger partial charge in [-0.25, -0.2) is 0 Å². The van der Waals surface area contributed by atoms with Gasteiger partial charge >= 0.3 is 0 Å². The highest BCUT2D eigenvalue weighted by atomic mass is 16.5. The van der Waals surface area contributed by atoms with E-state index in [4.69, 9.17) is 9.47 Å². The molecule has 2 amide bonds. The maximum atomic E-state index is 12.2. The Morgan fingerprint density at radius 1 is 1.24 bits per heavy atom. The van der Waals surface area contributed by atoms with Crippen molar-refractivity contribution in [2.24, 2.45) is 0 Å². The molecule has 1 aliphatic rings. The number of rotatable bonds is 8. The highest BCUT2D eigenvalue weighted by Gasteiger charge is 2.25. The van der Waals surface area contributed by atoms with E-state index in [-0.39, 0.29) is 18.4 Å². The first-order valence-electron chi connectivity index (χ1n) is 9.63. The number of carbonyl (C=O) groups excluding carboxylic acids is 2. The molecule has 29 heavy (non-hydrogen) atoms. The van der Waals surface area contributed by atoms with Gasteiger partial charge in [0.2, 0.25) is 5.91 Å². The molecule has 6 nitrogen and oxygen atoms in total. The normalized spacial score (nSPS) is 12.8. The standard InChI is InChI=1S/C23H26N2O4/c1-16(2)14-25-20-11-8-18(13-21(20)29-15-23(25)27)24-22(26)5-4-12-28-19-9-6-17(3)7-10-19/h6-11,13H,1,4-5,12,14-15H2,2-3H3,(H,24,26). The predicted octanol–water partition coefficient (Wildman–Crippen LogP) is 4.09. The summed E-state index contributed by atoms with van der Waals surface area (Å²) in [7, 11) is 0. The number of hydrogen-bond donors (Lipinski definition) is 1. The van der Waals surface area contributed by atoms with E-state index in [2.05, 4.69) is 11.9 Å². The molecule has 0 radical (unpaired) electrons. The lowest BCUT2D eigenvalue weighted by Gasteiger charge is -2.29. The second kappa shape index (κ2) is 9.28. The zero-order valence-electron chi connectivity index (χ0n) is 16.9. The summed E-state index contributed by atoms with van der Waals surface area (Å²) < 4.78 is 11.2. The lowest BCUT2D eigenvalue weighted by atomic mass is 10.2. The molecule has 1 N–H and O–H groups in total. The third-order valence-electron chi connectivity index (χ3n) is 4.45. The van der Waals surface area contributed by atoms with E-state index in [0.29, 0.717) is 43.1 Å². The number of amides is 2. The lowest BCUT2D eigenvalue weighted by Crippen LogP contribution is -2.39. The van der Waals surface area contributed by atoms with Crippen LogP contribution in [-0.2, 0) is 9.59 Å². The Hall–Kier alpha value is -3.28. The summed E-state index contributed by atoms with van der Waals surface area (Å²) in [5.41, 5.74) is 3.39. The molecule has 0 unspecified atom stereocenters. The fourth-order valence-corrected chi connectivity index (χ4v) is 3.01. The van der Waals surface area contributed by atoms with E-state index >= 15 is 0 Å². The number of nitrogens with zero attached hydrogens (tertiary/aromatic N) is 1. The highest BCUT2D eigenvalue weighted by Crippen LogP contribution is 2.34. The second-order valence-corrected chi connectivity index (χ2v) is 7.22. The van der Waals surface area contributed by atoms with E-state index in [9.17, 15) is 9.59 Å². The van der Waals surface area contributed by atoms with Gasteiger partial charge in [0.1, 0.15) is 11.5 Å². The minimum absolute atomic E-state index is 0.0198. The lowest BCUT2D eigenvalue weighted by molar-refractivity contribution is -0.121. The number of hydrogen-bond acceptors (Lipinski definition) is 4. The van der Waals surface area contributed by atoms with Crippen molar-refractivity contribution in [1.82, 2.24) is 0 Å². The van der Waals surface area contributed by atoms with Crippen molar-refractivity contribution in [2.45, 2.75) is 26.7 Å². The molecule has 152 valence electrons. The summed E-state index contributed by atoms with van der Waals surface area (Å²) in [4.78, 5) is 26.0. The molecule has 0 saturated carbocycles. The molecule has 1 heterocycles. The molecule has 0 bridgehead atoms. The van der Waals surface area contributed by atoms with Gasteiger partial charge in [-0.05, 0) is 44.5 Å². The summed E-state index contributed by atoms with van der Waals surface area (Å²) >= 11 is 0. The third kappa shape index (κ3) is 5.60. The number of aryl methyl sites for hydroxylation is 1. The van der Waals surface area contributed by atoms with Crippen LogP contribution in [0.5, 0.6) is 11.5 Å². The maximum Gasteiger partial charge on any atom is 0.265 e. The van der Waals surface area contributed by atoms with Crippen molar-refractivity contribution in [1.29, 1.82) is 0 Å². The molecule has 2 aromatic rings. The van der Waals surface area contributed by atoms with Gasteiger partial charge < -0.3 is 19.7 Å². The fraction of sp³-hybridized carbons (Fsp3) is 0.304. The Morgan fingerprint density at radius 3 is 2.72 bits per heavy atom. The summed E-state index contributed by atoms with van der Waals surface area (Å²) in [6, 6.07) is 13.1. The van der Waals surface area contributed by atoms with Crippen LogP contribution in [0.2, 0.25) is 0 Å². The molecule has 0 spiro atoms. The van der Waals surface area contributed by atoms with Crippen LogP contribution in [-0.4, -0.2) is 31.6 Å². The number of anilines is 2. The number of nitrogens with one attached hydrogen (secondary N) is 1. The summed E-state index contributed by atoms with van der Waals surface area (Å²) in [5, 5.41) is 2.87. The smallest absolute Gasteiger partial charge is 0.265 e. The Balaban J connectivity index is 1.51. The first-order chi connectivity index (χ1) is 13.9. The minimum Gasteiger partial charge on any atom is -0.494 e. The average Bonchev–Trinajstić information content (AvgIpc) is 2.68. The molecule has 0 aliphatic carbocycles. The highest BCUT2D eigenvalue weighted by molar-refractivity contribution is 5.99. The second-order valence-electron chi connectivity index (χ2n) is 7.22. The van der Waals surface area contributed by atoms with E-state index in [1.54, 1.807) is 23.1 Å². The Kier molecular flexibility index (Phi) is 6.54. The number of ether oxygens (including phenoxy) is 2. The van der Waals surface area contributed by atoms with Crippen molar-refractivity contribution in [2.75, 3.05) is 30.0 Å². The van der Waals surface area contributed by atoms with E-state index in [1.165, 1.54) is 5.56 Å². The Bertz CT molecular complexity index is 906. The molecule has 0 atom stereocenters. The van der Waals surface area contributed by atoms with Crippen molar-refractivity contribution >= 4 is 23.2 Å². The Labute approximate surface area is 171 Å². The van der Waals surface area contributed by atoms with Crippen molar-refractivity contribution in [3.63, 3.8) is 0 Å². The van der Waals surface area contributed by atoms with Crippen LogP contribution in [0, 0.1) is 6.92 Å². The van der Waals surface area contributed by atoms with Gasteiger partial charge in [-0.2, -0.15) is 0 Å². The summed E-state index contributed by atoms with van der Waals surface area (Å²) in [5.74, 6) is 1.18. The third-order valence-corrected chi connectivity index (χ3v) is 4.45. The summed E-state index contributed by atoms with van der Waals surface area (Å²) in [6.07, 6.45) is 0.964. The van der Waals surface area contributed by atoms with Crippen molar-refractivity contribution in [3.8, 4) is 11.5 Å². The van der Waals surface area contributed by atoms with Crippen molar-refractivity contribution in [3.05, 3.63) is 60.2 Å². The monoisotopic (exact) mass is 394 g/mol. The molecule has 3 rings (SSSR count). The fourth-order valence-electron chi connectivity index (χ4n) is 3.01. The zero-order valence-corrected chi connectivity index (χ0v) is 16.9. The maximum absolute atomic E-state index is 12.2. The summed E-state index contributed by atoms with van der Waals surface area (Å²) in [6.45, 7) is 8.67. The van der Waals surface area contributed by atoms with Gasteiger partial charge in [0.15, 0.2) is 6.61 Å². The molecule has 0 saturated heterocycles. The number of benzene rings is 2. The molecule has 6 heteroatoms. The van der Waals surface area contributed by atoms with Gasteiger partial charge in [-0.15, -0.1) is 0 Å². The Morgan fingerprint density at radius 2 is 2.00 bits per heavy atom. The predicted molar refractivity (Wildman–Crippen MR) is 114 cm³/mol. The molecular formula is C23H26N2O4. The van der Waals surface area contributed by atoms with E-state index < -0.39 is 0 Å². The quantitative estimate of drug-likeness (QED) is 0.541. The van der Waals surface area contributed by atoms with Crippen LogP contribution >= 0.6 is 0 Å².